The highest BCUT2D eigenvalue weighted by atomic mass is 35.5. The molecule has 0 radical (unpaired) electrons. The summed E-state index contributed by atoms with van der Waals surface area (Å²) < 4.78 is 11.0. The number of nitrogens with two attached hydrogens (primary N) is 1. The summed E-state index contributed by atoms with van der Waals surface area (Å²) in [5, 5.41) is 12.8. The Morgan fingerprint density at radius 2 is 1.76 bits per heavy atom. The highest BCUT2D eigenvalue weighted by molar-refractivity contribution is 6.39. The number of carbonyl (C=O) groups is 2. The zero-order valence-corrected chi connectivity index (χ0v) is 21.3. The molecule has 0 aliphatic carbocycles. The predicted octanol–water partition coefficient (Wildman–Crippen LogP) is 3.68. The molecule has 0 saturated heterocycles. The molecule has 192 valence electrons. The van der Waals surface area contributed by atoms with E-state index in [0.717, 1.165) is 0 Å². The van der Waals surface area contributed by atoms with E-state index >= 15 is 0 Å². The van der Waals surface area contributed by atoms with Gasteiger partial charge in [-0.15, -0.1) is 0 Å². The van der Waals surface area contributed by atoms with Crippen molar-refractivity contribution in [3.8, 4) is 17.0 Å². The molecular formula is C25H24Cl2N6O4. The van der Waals surface area contributed by atoms with Gasteiger partial charge < -0.3 is 25.6 Å². The molecule has 12 heteroatoms. The number of hydrogen-bond donors (Lipinski definition) is 4. The van der Waals surface area contributed by atoms with Gasteiger partial charge in [0.05, 0.1) is 28.8 Å². The Balaban J connectivity index is 1.62. The van der Waals surface area contributed by atoms with Gasteiger partial charge in [0, 0.05) is 12.1 Å². The lowest BCUT2D eigenvalue weighted by Crippen LogP contribution is -2.37. The van der Waals surface area contributed by atoms with Crippen LogP contribution in [0, 0.1) is 6.92 Å². The number of halogens is 2. The summed E-state index contributed by atoms with van der Waals surface area (Å²) in [4.78, 5) is 29.5. The van der Waals surface area contributed by atoms with Crippen LogP contribution < -0.4 is 26.4 Å². The number of nitrogens with one attached hydrogen (secondary N) is 3. The maximum Gasteiger partial charge on any atom is 0.263 e. The number of nitrogens with zero attached hydrogens (tertiary/aromatic N) is 2. The van der Waals surface area contributed by atoms with Gasteiger partial charge in [-0.2, -0.15) is 0 Å². The molecule has 0 atom stereocenters. The topological polar surface area (TPSA) is 144 Å². The van der Waals surface area contributed by atoms with Crippen molar-refractivity contribution in [1.29, 1.82) is 0 Å². The number of aromatic nitrogens is 1. The Kier molecular flexibility index (Phi) is 8.44. The Labute approximate surface area is 222 Å². The van der Waals surface area contributed by atoms with Gasteiger partial charge >= 0.3 is 0 Å². The second kappa shape index (κ2) is 11.9. The Morgan fingerprint density at radius 1 is 1.03 bits per heavy atom. The molecule has 2 amide bonds. The average Bonchev–Trinajstić information content (AvgIpc) is 3.25. The molecule has 37 heavy (non-hydrogen) atoms. The quantitative estimate of drug-likeness (QED) is 0.317. The zero-order chi connectivity index (χ0) is 26.4. The summed E-state index contributed by atoms with van der Waals surface area (Å²) in [6, 6.07) is 10.3. The minimum Gasteiger partial charge on any atom is -0.490 e. The molecule has 5 heterocycles. The highest BCUT2D eigenvalue weighted by Crippen LogP contribution is 2.32. The van der Waals surface area contributed by atoms with Crippen molar-refractivity contribution in [2.45, 2.75) is 13.5 Å². The molecule has 7 rings (SSSR count). The molecule has 4 aliphatic heterocycles. The minimum atomic E-state index is -0.516. The van der Waals surface area contributed by atoms with E-state index in [0.29, 0.717) is 47.2 Å². The third-order valence-corrected chi connectivity index (χ3v) is 5.91. The molecule has 1 aromatic heterocycles. The van der Waals surface area contributed by atoms with Crippen molar-refractivity contribution in [1.82, 2.24) is 15.8 Å². The standard InChI is InChI=1S/C25H24Cl2N6O4/c1-14-21-22(33-37-14)16-4-6-17(7-5-16)36-9-3-2-8-29-13-20(34)31-23-18(26)10-15(11-19(23)27)12-30-25(28)32-24(21)35/h2-7,10-11,29H,8-9,12-13H2,1H3,(H,31,34)(H3,28,30,32,35)/b3-2-. The monoisotopic (exact) mass is 542 g/mol. The molecule has 4 bridgehead atoms. The molecule has 3 aromatic rings. The van der Waals surface area contributed by atoms with Crippen molar-refractivity contribution in [2.75, 3.05) is 25.0 Å². The number of ether oxygens (including phenoxy) is 1. The number of guanidine groups is 1. The van der Waals surface area contributed by atoms with Gasteiger partial charge in [0.1, 0.15) is 29.4 Å². The summed E-state index contributed by atoms with van der Waals surface area (Å²) >= 11 is 12.7. The lowest BCUT2D eigenvalue weighted by Gasteiger charge is -2.12. The third kappa shape index (κ3) is 6.67. The van der Waals surface area contributed by atoms with Crippen LogP contribution in [0.2, 0.25) is 10.0 Å². The SMILES string of the molecule is Cc1onc2c1C(=O)NC(N)=NCc1cc(Cl)c(c(Cl)c1)NC(=O)CNC/C=C\COc1ccc-2cc1. The van der Waals surface area contributed by atoms with Crippen LogP contribution in [0.1, 0.15) is 21.7 Å². The Bertz CT molecular complexity index is 1340. The molecule has 0 saturated carbocycles. The van der Waals surface area contributed by atoms with Crippen molar-refractivity contribution >= 4 is 46.7 Å². The summed E-state index contributed by atoms with van der Waals surface area (Å²) in [7, 11) is 0. The summed E-state index contributed by atoms with van der Waals surface area (Å²) in [5.74, 6) is 0.0366. The van der Waals surface area contributed by atoms with Crippen LogP contribution in [0.15, 0.2) is 58.1 Å². The van der Waals surface area contributed by atoms with Gasteiger partial charge in [-0.3, -0.25) is 14.9 Å². The molecule has 0 spiro atoms. The van der Waals surface area contributed by atoms with E-state index in [2.05, 4.69) is 26.1 Å². The zero-order valence-electron chi connectivity index (χ0n) is 19.8. The summed E-state index contributed by atoms with van der Waals surface area (Å²) in [6.07, 6.45) is 3.68. The van der Waals surface area contributed by atoms with Crippen LogP contribution in [-0.2, 0) is 11.3 Å². The van der Waals surface area contributed by atoms with Crippen LogP contribution in [-0.4, -0.2) is 42.6 Å². The van der Waals surface area contributed by atoms with Crippen molar-refractivity contribution < 1.29 is 18.8 Å². The first-order valence-electron chi connectivity index (χ1n) is 11.3. The highest BCUT2D eigenvalue weighted by Gasteiger charge is 2.22. The van der Waals surface area contributed by atoms with Gasteiger partial charge in [-0.25, -0.2) is 4.99 Å². The number of rotatable bonds is 0. The number of hydrogen-bond acceptors (Lipinski definition) is 8. The maximum atomic E-state index is 13.0. The van der Waals surface area contributed by atoms with E-state index in [-0.39, 0.29) is 40.6 Å². The van der Waals surface area contributed by atoms with E-state index < -0.39 is 5.91 Å². The molecular weight excluding hydrogens is 519 g/mol. The number of aryl methyl sites for hydroxylation is 1. The largest absolute Gasteiger partial charge is 0.490 e. The van der Waals surface area contributed by atoms with E-state index in [1.54, 1.807) is 43.3 Å². The number of aliphatic imine (C=N–C) groups is 1. The second-order valence-corrected chi connectivity index (χ2v) is 8.85. The fourth-order valence-corrected chi connectivity index (χ4v) is 4.15. The Morgan fingerprint density at radius 3 is 2.49 bits per heavy atom. The third-order valence-electron chi connectivity index (χ3n) is 5.32. The van der Waals surface area contributed by atoms with Crippen LogP contribution in [0.25, 0.3) is 11.3 Å². The molecule has 0 unspecified atom stereocenters. The number of carbonyl (C=O) groups excluding carboxylic acids is 2. The summed E-state index contributed by atoms with van der Waals surface area (Å²) in [5.41, 5.74) is 8.16. The first-order chi connectivity index (χ1) is 17.8. The van der Waals surface area contributed by atoms with Gasteiger partial charge in [0.15, 0.2) is 5.96 Å². The van der Waals surface area contributed by atoms with Gasteiger partial charge in [-0.1, -0.05) is 40.5 Å². The number of anilines is 1. The van der Waals surface area contributed by atoms with E-state index in [4.69, 9.17) is 38.2 Å². The maximum absolute atomic E-state index is 13.0. The number of amides is 2. The lowest BCUT2D eigenvalue weighted by molar-refractivity contribution is -0.115. The van der Waals surface area contributed by atoms with E-state index in [1.807, 2.05) is 12.2 Å². The normalized spacial score (nSPS) is 16.1. The van der Waals surface area contributed by atoms with Crippen molar-refractivity contribution in [3.05, 3.63) is 75.5 Å². The fourth-order valence-electron chi connectivity index (χ4n) is 3.53. The van der Waals surface area contributed by atoms with Crippen molar-refractivity contribution in [3.63, 3.8) is 0 Å². The molecule has 10 nitrogen and oxygen atoms in total. The number of benzene rings is 2. The molecule has 4 aliphatic rings. The lowest BCUT2D eigenvalue weighted by atomic mass is 10.1. The van der Waals surface area contributed by atoms with Gasteiger partial charge in [-0.05, 0) is 48.9 Å². The minimum absolute atomic E-state index is 0.0606. The molecule has 5 N–H and O–H groups in total. The van der Waals surface area contributed by atoms with Crippen LogP contribution >= 0.6 is 23.2 Å². The predicted molar refractivity (Wildman–Crippen MR) is 142 cm³/mol. The first-order valence-corrected chi connectivity index (χ1v) is 12.0. The first kappa shape index (κ1) is 26.2. The van der Waals surface area contributed by atoms with Crippen LogP contribution in [0.3, 0.4) is 0 Å². The van der Waals surface area contributed by atoms with Crippen LogP contribution in [0.5, 0.6) is 5.75 Å². The van der Waals surface area contributed by atoms with E-state index in [9.17, 15) is 9.59 Å². The fraction of sp³-hybridized carbons (Fsp3) is 0.200. The smallest absolute Gasteiger partial charge is 0.263 e. The molecule has 2 aromatic carbocycles. The van der Waals surface area contributed by atoms with Gasteiger partial charge in [0.25, 0.3) is 5.91 Å². The summed E-state index contributed by atoms with van der Waals surface area (Å²) in [6.45, 7) is 2.58. The van der Waals surface area contributed by atoms with E-state index in [1.165, 1.54) is 0 Å². The van der Waals surface area contributed by atoms with Crippen LogP contribution in [0.4, 0.5) is 5.69 Å². The molecule has 0 fully saturated rings. The Hall–Kier alpha value is -3.86. The van der Waals surface area contributed by atoms with Gasteiger partial charge in [0.2, 0.25) is 5.91 Å². The second-order valence-electron chi connectivity index (χ2n) is 8.04. The average molecular weight is 543 g/mol. The van der Waals surface area contributed by atoms with Crippen molar-refractivity contribution in [2.24, 2.45) is 10.7 Å².